The van der Waals surface area contributed by atoms with Crippen LogP contribution in [0.2, 0.25) is 5.02 Å². The predicted octanol–water partition coefficient (Wildman–Crippen LogP) is 5.25. The first-order chi connectivity index (χ1) is 16.0. The Balaban J connectivity index is 1.91. The van der Waals surface area contributed by atoms with Crippen LogP contribution in [-0.4, -0.2) is 20.3 Å². The van der Waals surface area contributed by atoms with Gasteiger partial charge in [0.1, 0.15) is 18.0 Å². The molecule has 0 atom stereocenters. The van der Waals surface area contributed by atoms with Gasteiger partial charge in [-0.3, -0.25) is 14.2 Å². The lowest BCUT2D eigenvalue weighted by Gasteiger charge is -2.15. The standard InChI is InChI=1S/C23H17ClF4N4O2/c1-12-6-7-14(24)8-18(12)29-19(33)11-31-20(34)10-17(23(26,27)28)21-13(2)30-32(22(21)31)16-5-3-4-15(25)9-16/h3-10H,11H2,1-2H3,(H,29,33). The molecule has 176 valence electrons. The molecule has 1 amide bonds. The van der Waals surface area contributed by atoms with E-state index >= 15 is 0 Å². The van der Waals surface area contributed by atoms with Crippen molar-refractivity contribution in [2.75, 3.05) is 5.32 Å². The number of nitrogens with one attached hydrogen (secondary N) is 1. The molecular formula is C23H17ClF4N4O2. The van der Waals surface area contributed by atoms with Crippen LogP contribution in [0.15, 0.2) is 53.3 Å². The minimum atomic E-state index is -4.85. The topological polar surface area (TPSA) is 68.9 Å². The van der Waals surface area contributed by atoms with E-state index in [1.54, 1.807) is 19.1 Å². The SMILES string of the molecule is Cc1ccc(Cl)cc1NC(=O)Cn1c(=O)cc(C(F)(F)F)c2c(C)nn(-c3cccc(F)c3)c21. The van der Waals surface area contributed by atoms with Crippen LogP contribution < -0.4 is 10.9 Å². The molecule has 2 aromatic heterocycles. The van der Waals surface area contributed by atoms with E-state index in [9.17, 15) is 27.2 Å². The van der Waals surface area contributed by atoms with Crippen molar-refractivity contribution in [2.24, 2.45) is 0 Å². The van der Waals surface area contributed by atoms with Gasteiger partial charge in [0.2, 0.25) is 5.91 Å². The molecule has 0 fully saturated rings. The Hall–Kier alpha value is -3.66. The Morgan fingerprint density at radius 3 is 2.53 bits per heavy atom. The molecule has 0 spiro atoms. The molecule has 0 aliphatic heterocycles. The second-order valence-corrected chi connectivity index (χ2v) is 8.10. The molecule has 4 rings (SSSR count). The predicted molar refractivity (Wildman–Crippen MR) is 120 cm³/mol. The molecular weight excluding hydrogens is 476 g/mol. The molecule has 6 nitrogen and oxygen atoms in total. The summed E-state index contributed by atoms with van der Waals surface area (Å²) in [6.45, 7) is 2.47. The van der Waals surface area contributed by atoms with Gasteiger partial charge in [-0.25, -0.2) is 9.07 Å². The van der Waals surface area contributed by atoms with Crippen LogP contribution in [0.3, 0.4) is 0 Å². The van der Waals surface area contributed by atoms with Crippen LogP contribution in [-0.2, 0) is 17.5 Å². The molecule has 0 radical (unpaired) electrons. The molecule has 11 heteroatoms. The highest BCUT2D eigenvalue weighted by molar-refractivity contribution is 6.31. The third-order valence-electron chi connectivity index (χ3n) is 5.23. The highest BCUT2D eigenvalue weighted by atomic mass is 35.5. The van der Waals surface area contributed by atoms with Crippen LogP contribution >= 0.6 is 11.6 Å². The van der Waals surface area contributed by atoms with Crippen LogP contribution in [0.4, 0.5) is 23.2 Å². The van der Waals surface area contributed by atoms with E-state index in [4.69, 9.17) is 11.6 Å². The molecule has 0 aliphatic rings. The summed E-state index contributed by atoms with van der Waals surface area (Å²) in [5.41, 5.74) is -1.37. The second kappa shape index (κ2) is 8.60. The molecule has 4 aromatic rings. The molecule has 2 aromatic carbocycles. The molecule has 0 saturated carbocycles. The summed E-state index contributed by atoms with van der Waals surface area (Å²) < 4.78 is 57.1. The summed E-state index contributed by atoms with van der Waals surface area (Å²) >= 11 is 5.97. The summed E-state index contributed by atoms with van der Waals surface area (Å²) in [6, 6.07) is 10.3. The van der Waals surface area contributed by atoms with Gasteiger partial charge < -0.3 is 5.32 Å². The Bertz CT molecular complexity index is 1490. The van der Waals surface area contributed by atoms with Crippen LogP contribution in [0, 0.1) is 19.7 Å². The van der Waals surface area contributed by atoms with Crippen molar-refractivity contribution in [2.45, 2.75) is 26.6 Å². The van der Waals surface area contributed by atoms with Crippen molar-refractivity contribution in [1.82, 2.24) is 14.3 Å². The van der Waals surface area contributed by atoms with Crippen molar-refractivity contribution in [3.63, 3.8) is 0 Å². The van der Waals surface area contributed by atoms with E-state index in [-0.39, 0.29) is 22.4 Å². The number of pyridine rings is 1. The fourth-order valence-electron chi connectivity index (χ4n) is 3.68. The number of benzene rings is 2. The van der Waals surface area contributed by atoms with E-state index in [0.29, 0.717) is 22.3 Å². The van der Waals surface area contributed by atoms with Crippen molar-refractivity contribution in [3.05, 3.63) is 86.5 Å². The second-order valence-electron chi connectivity index (χ2n) is 7.66. The number of amides is 1. The summed E-state index contributed by atoms with van der Waals surface area (Å²) in [5, 5.41) is 6.76. The van der Waals surface area contributed by atoms with Crippen LogP contribution in [0.1, 0.15) is 16.8 Å². The number of aromatic nitrogens is 3. The van der Waals surface area contributed by atoms with Gasteiger partial charge >= 0.3 is 6.18 Å². The fraction of sp³-hybridized carbons (Fsp3) is 0.174. The maximum atomic E-state index is 13.9. The first kappa shape index (κ1) is 23.5. The third kappa shape index (κ3) is 4.41. The third-order valence-corrected chi connectivity index (χ3v) is 5.46. The number of fused-ring (bicyclic) bond motifs is 1. The maximum Gasteiger partial charge on any atom is 0.417 e. The van der Waals surface area contributed by atoms with Gasteiger partial charge in [-0.15, -0.1) is 0 Å². The lowest BCUT2D eigenvalue weighted by atomic mass is 10.1. The van der Waals surface area contributed by atoms with Gasteiger partial charge in [-0.05, 0) is 49.7 Å². The minimum Gasteiger partial charge on any atom is -0.324 e. The zero-order valence-electron chi connectivity index (χ0n) is 17.9. The van der Waals surface area contributed by atoms with E-state index < -0.39 is 35.6 Å². The number of hydrogen-bond donors (Lipinski definition) is 1. The summed E-state index contributed by atoms with van der Waals surface area (Å²) in [4.78, 5) is 25.6. The largest absolute Gasteiger partial charge is 0.417 e. The Kier molecular flexibility index (Phi) is 5.94. The first-order valence-electron chi connectivity index (χ1n) is 9.98. The van der Waals surface area contributed by atoms with Crippen molar-refractivity contribution >= 4 is 34.2 Å². The molecule has 0 aliphatic carbocycles. The van der Waals surface area contributed by atoms with E-state index in [0.717, 1.165) is 21.4 Å². The number of nitrogens with zero attached hydrogens (tertiary/aromatic N) is 3. The summed E-state index contributed by atoms with van der Waals surface area (Å²) in [7, 11) is 0. The fourth-order valence-corrected chi connectivity index (χ4v) is 3.86. The normalized spacial score (nSPS) is 11.7. The first-order valence-corrected chi connectivity index (χ1v) is 10.4. The van der Waals surface area contributed by atoms with Crippen molar-refractivity contribution in [3.8, 4) is 5.69 Å². The summed E-state index contributed by atoms with van der Waals surface area (Å²) in [6.07, 6.45) is -4.85. The van der Waals surface area contributed by atoms with Gasteiger partial charge in [0.25, 0.3) is 5.56 Å². The highest BCUT2D eigenvalue weighted by Gasteiger charge is 2.36. The van der Waals surface area contributed by atoms with E-state index in [1.807, 2.05) is 0 Å². The Labute approximate surface area is 195 Å². The van der Waals surface area contributed by atoms with Crippen molar-refractivity contribution in [1.29, 1.82) is 0 Å². The number of carbonyl (C=O) groups is 1. The Morgan fingerprint density at radius 1 is 1.12 bits per heavy atom. The molecule has 2 heterocycles. The number of anilines is 1. The van der Waals surface area contributed by atoms with Gasteiger partial charge in [0, 0.05) is 16.8 Å². The minimum absolute atomic E-state index is 0.0357. The van der Waals surface area contributed by atoms with Gasteiger partial charge in [0.05, 0.1) is 22.3 Å². The molecule has 0 unspecified atom stereocenters. The average molecular weight is 493 g/mol. The molecule has 1 N–H and O–H groups in total. The van der Waals surface area contributed by atoms with Gasteiger partial charge in [-0.2, -0.15) is 18.3 Å². The van der Waals surface area contributed by atoms with Crippen LogP contribution in [0.5, 0.6) is 0 Å². The summed E-state index contributed by atoms with van der Waals surface area (Å²) in [5.74, 6) is -1.31. The number of carbonyl (C=O) groups excluding carboxylic acids is 1. The number of alkyl halides is 3. The van der Waals surface area contributed by atoms with E-state index in [1.165, 1.54) is 25.1 Å². The van der Waals surface area contributed by atoms with Gasteiger partial charge in [0.15, 0.2) is 0 Å². The number of halogens is 5. The lowest BCUT2D eigenvalue weighted by Crippen LogP contribution is -2.30. The van der Waals surface area contributed by atoms with Crippen molar-refractivity contribution < 1.29 is 22.4 Å². The number of aryl methyl sites for hydroxylation is 2. The molecule has 0 bridgehead atoms. The maximum absolute atomic E-state index is 13.9. The highest BCUT2D eigenvalue weighted by Crippen LogP contribution is 2.36. The number of hydrogen-bond acceptors (Lipinski definition) is 3. The average Bonchev–Trinajstić information content (AvgIpc) is 3.09. The zero-order valence-corrected chi connectivity index (χ0v) is 18.6. The van der Waals surface area contributed by atoms with E-state index in [2.05, 4.69) is 10.4 Å². The van der Waals surface area contributed by atoms with Gasteiger partial charge in [-0.1, -0.05) is 23.7 Å². The lowest BCUT2D eigenvalue weighted by molar-refractivity contribution is -0.136. The molecule has 0 saturated heterocycles. The molecule has 34 heavy (non-hydrogen) atoms. The quantitative estimate of drug-likeness (QED) is 0.395. The van der Waals surface area contributed by atoms with Crippen LogP contribution in [0.25, 0.3) is 16.7 Å². The smallest absolute Gasteiger partial charge is 0.324 e. The zero-order chi connectivity index (χ0) is 24.8. The monoisotopic (exact) mass is 492 g/mol. The number of rotatable bonds is 4. The Morgan fingerprint density at radius 2 is 1.85 bits per heavy atom.